The second kappa shape index (κ2) is 6.98. The molecule has 3 N–H and O–H groups in total. The van der Waals surface area contributed by atoms with Crippen LogP contribution < -0.4 is 11.2 Å². The summed E-state index contributed by atoms with van der Waals surface area (Å²) < 4.78 is 5.24. The number of esters is 1. The van der Waals surface area contributed by atoms with Gasteiger partial charge in [-0.1, -0.05) is 26.2 Å². The van der Waals surface area contributed by atoms with E-state index in [9.17, 15) is 9.59 Å². The van der Waals surface area contributed by atoms with Crippen LogP contribution in [-0.2, 0) is 9.53 Å². The Morgan fingerprint density at radius 3 is 2.89 bits per heavy atom. The lowest BCUT2D eigenvalue weighted by Gasteiger charge is -2.07. The zero-order valence-corrected chi connectivity index (χ0v) is 10.9. The van der Waals surface area contributed by atoms with Crippen molar-refractivity contribution in [3.63, 3.8) is 0 Å². The average Bonchev–Trinajstić information content (AvgIpc) is 2.68. The summed E-state index contributed by atoms with van der Waals surface area (Å²) in [6.45, 7) is 3.84. The van der Waals surface area contributed by atoms with Crippen LogP contribution in [0.2, 0.25) is 0 Å². The Hall–Kier alpha value is -1.59. The fourth-order valence-electron chi connectivity index (χ4n) is 1.99. The number of carbonyl (C=O) groups excluding carboxylic acids is 2. The van der Waals surface area contributed by atoms with Crippen molar-refractivity contribution in [2.45, 2.75) is 52.1 Å². The van der Waals surface area contributed by atoms with E-state index in [-0.39, 0.29) is 18.0 Å². The molecule has 0 saturated carbocycles. The SMILES string of the molecule is CCCCC[C@@H]1C[C@@H](/C(C)=N\NC(N)=O)OC1=O. The lowest BCUT2D eigenvalue weighted by Crippen LogP contribution is -2.28. The van der Waals surface area contributed by atoms with Crippen molar-refractivity contribution in [1.29, 1.82) is 0 Å². The Balaban J connectivity index is 2.44. The van der Waals surface area contributed by atoms with Gasteiger partial charge in [0.05, 0.1) is 11.6 Å². The molecule has 0 radical (unpaired) electrons. The third-order valence-electron chi connectivity index (χ3n) is 3.05. The molecule has 0 aromatic carbocycles. The van der Waals surface area contributed by atoms with Crippen LogP contribution in [0.3, 0.4) is 0 Å². The number of carbonyl (C=O) groups is 2. The van der Waals surface area contributed by atoms with Crippen molar-refractivity contribution in [2.24, 2.45) is 16.8 Å². The molecule has 2 amide bonds. The molecule has 1 saturated heterocycles. The number of urea groups is 1. The minimum absolute atomic E-state index is 0.0414. The van der Waals surface area contributed by atoms with Crippen LogP contribution in [0.5, 0.6) is 0 Å². The second-order valence-corrected chi connectivity index (χ2v) is 4.58. The predicted molar refractivity (Wildman–Crippen MR) is 68.0 cm³/mol. The van der Waals surface area contributed by atoms with E-state index in [0.29, 0.717) is 12.1 Å². The monoisotopic (exact) mass is 255 g/mol. The highest BCUT2D eigenvalue weighted by Gasteiger charge is 2.35. The van der Waals surface area contributed by atoms with Gasteiger partial charge >= 0.3 is 12.0 Å². The molecule has 0 spiro atoms. The second-order valence-electron chi connectivity index (χ2n) is 4.58. The third kappa shape index (κ3) is 4.35. The van der Waals surface area contributed by atoms with Crippen molar-refractivity contribution >= 4 is 17.7 Å². The smallest absolute Gasteiger partial charge is 0.332 e. The number of nitrogens with zero attached hydrogens (tertiary/aromatic N) is 1. The Morgan fingerprint density at radius 1 is 1.56 bits per heavy atom. The number of cyclic esters (lactones) is 1. The molecule has 18 heavy (non-hydrogen) atoms. The number of ether oxygens (including phenoxy) is 1. The lowest BCUT2D eigenvalue weighted by molar-refractivity contribution is -0.142. The Labute approximate surface area is 107 Å². The highest BCUT2D eigenvalue weighted by molar-refractivity contribution is 5.91. The molecule has 0 aliphatic carbocycles. The minimum Gasteiger partial charge on any atom is -0.456 e. The average molecular weight is 255 g/mol. The number of nitrogens with one attached hydrogen (secondary N) is 1. The van der Waals surface area contributed by atoms with Crippen molar-refractivity contribution < 1.29 is 14.3 Å². The number of primary amides is 1. The number of nitrogens with two attached hydrogens (primary N) is 1. The first-order valence-electron chi connectivity index (χ1n) is 6.34. The van der Waals surface area contributed by atoms with Gasteiger partial charge in [-0.3, -0.25) is 4.79 Å². The van der Waals surface area contributed by atoms with Gasteiger partial charge in [0.2, 0.25) is 0 Å². The summed E-state index contributed by atoms with van der Waals surface area (Å²) >= 11 is 0. The van der Waals surface area contributed by atoms with E-state index in [1.54, 1.807) is 6.92 Å². The maximum absolute atomic E-state index is 11.6. The van der Waals surface area contributed by atoms with Gasteiger partial charge in [0.15, 0.2) is 0 Å². The molecular weight excluding hydrogens is 234 g/mol. The van der Waals surface area contributed by atoms with E-state index in [1.165, 1.54) is 0 Å². The van der Waals surface area contributed by atoms with E-state index in [2.05, 4.69) is 17.5 Å². The number of hydrogen-bond acceptors (Lipinski definition) is 4. The molecule has 0 bridgehead atoms. The molecule has 1 aliphatic rings. The van der Waals surface area contributed by atoms with E-state index in [1.807, 2.05) is 0 Å². The van der Waals surface area contributed by atoms with Gasteiger partial charge in [0.1, 0.15) is 6.10 Å². The van der Waals surface area contributed by atoms with Gasteiger partial charge in [0, 0.05) is 6.42 Å². The van der Waals surface area contributed by atoms with Crippen LogP contribution in [-0.4, -0.2) is 23.8 Å². The van der Waals surface area contributed by atoms with Crippen molar-refractivity contribution in [1.82, 2.24) is 5.43 Å². The number of hydrogen-bond donors (Lipinski definition) is 2. The lowest BCUT2D eigenvalue weighted by atomic mass is 9.96. The predicted octanol–water partition coefficient (Wildman–Crippen LogP) is 1.54. The van der Waals surface area contributed by atoms with Crippen molar-refractivity contribution in [2.75, 3.05) is 0 Å². The maximum atomic E-state index is 11.6. The van der Waals surface area contributed by atoms with Crippen LogP contribution >= 0.6 is 0 Å². The van der Waals surface area contributed by atoms with Crippen LogP contribution in [0.15, 0.2) is 5.10 Å². The molecule has 0 aromatic rings. The van der Waals surface area contributed by atoms with Crippen molar-refractivity contribution in [3.8, 4) is 0 Å². The van der Waals surface area contributed by atoms with Gasteiger partial charge in [-0.05, 0) is 13.3 Å². The molecule has 6 nitrogen and oxygen atoms in total. The molecule has 1 aliphatic heterocycles. The van der Waals surface area contributed by atoms with E-state index >= 15 is 0 Å². The van der Waals surface area contributed by atoms with E-state index < -0.39 is 6.03 Å². The Kier molecular flexibility index (Phi) is 5.61. The summed E-state index contributed by atoms with van der Waals surface area (Å²) in [5.41, 5.74) is 7.62. The van der Waals surface area contributed by atoms with Gasteiger partial charge < -0.3 is 10.5 Å². The van der Waals surface area contributed by atoms with Gasteiger partial charge in [-0.2, -0.15) is 5.10 Å². The molecule has 1 fully saturated rings. The van der Waals surface area contributed by atoms with Crippen LogP contribution in [0.25, 0.3) is 0 Å². The maximum Gasteiger partial charge on any atom is 0.332 e. The molecule has 6 heteroatoms. The van der Waals surface area contributed by atoms with E-state index in [0.717, 1.165) is 25.7 Å². The fourth-order valence-corrected chi connectivity index (χ4v) is 1.99. The highest BCUT2D eigenvalue weighted by atomic mass is 16.6. The fraction of sp³-hybridized carbons (Fsp3) is 0.750. The van der Waals surface area contributed by atoms with Crippen molar-refractivity contribution in [3.05, 3.63) is 0 Å². The molecule has 102 valence electrons. The quantitative estimate of drug-likeness (QED) is 0.326. The summed E-state index contributed by atoms with van der Waals surface area (Å²) in [5.74, 6) is -0.204. The van der Waals surface area contributed by atoms with Gasteiger partial charge in [-0.15, -0.1) is 0 Å². The molecule has 1 heterocycles. The van der Waals surface area contributed by atoms with E-state index in [4.69, 9.17) is 10.5 Å². The number of unbranched alkanes of at least 4 members (excludes halogenated alkanes) is 2. The third-order valence-corrected chi connectivity index (χ3v) is 3.05. The van der Waals surface area contributed by atoms with Gasteiger partial charge in [0.25, 0.3) is 0 Å². The summed E-state index contributed by atoms with van der Waals surface area (Å²) in [6, 6.07) is -0.724. The number of amides is 2. The zero-order chi connectivity index (χ0) is 13.5. The largest absolute Gasteiger partial charge is 0.456 e. The number of hydrazone groups is 1. The molecule has 0 aromatic heterocycles. The van der Waals surface area contributed by atoms with Crippen LogP contribution in [0, 0.1) is 5.92 Å². The van der Waals surface area contributed by atoms with Crippen LogP contribution in [0.1, 0.15) is 46.0 Å². The Bertz CT molecular complexity index is 341. The molecule has 0 unspecified atom stereocenters. The normalized spacial score (nSPS) is 23.9. The first-order valence-corrected chi connectivity index (χ1v) is 6.34. The first-order chi connectivity index (χ1) is 8.54. The highest BCUT2D eigenvalue weighted by Crippen LogP contribution is 2.26. The zero-order valence-electron chi connectivity index (χ0n) is 10.9. The molecular formula is C12H21N3O3. The summed E-state index contributed by atoms with van der Waals surface area (Å²) in [4.78, 5) is 22.2. The number of rotatable bonds is 6. The Morgan fingerprint density at radius 2 is 2.28 bits per heavy atom. The molecule has 1 rings (SSSR count). The first kappa shape index (κ1) is 14.5. The summed E-state index contributed by atoms with van der Waals surface area (Å²) in [7, 11) is 0. The van der Waals surface area contributed by atoms with Gasteiger partial charge in [-0.25, -0.2) is 10.2 Å². The van der Waals surface area contributed by atoms with Crippen LogP contribution in [0.4, 0.5) is 4.79 Å². The minimum atomic E-state index is -0.724. The standard InChI is InChI=1S/C12H21N3O3/c1-3-4-5-6-9-7-10(18-11(9)16)8(2)14-15-12(13)17/h9-10H,3-7H2,1-2H3,(H3,13,15,17)/b14-8-/t9-,10+/m1/s1. The summed E-state index contributed by atoms with van der Waals surface area (Å²) in [6.07, 6.45) is 4.46. The summed E-state index contributed by atoms with van der Waals surface area (Å²) in [5, 5.41) is 3.79. The molecule has 2 atom stereocenters. The topological polar surface area (TPSA) is 93.8 Å².